The Labute approximate surface area is 185 Å². The lowest BCUT2D eigenvalue weighted by Gasteiger charge is -2.33. The van der Waals surface area contributed by atoms with Crippen molar-refractivity contribution >= 4 is 23.4 Å². The van der Waals surface area contributed by atoms with E-state index in [1.54, 1.807) is 26.0 Å². The Morgan fingerprint density at radius 1 is 1.06 bits per heavy atom. The van der Waals surface area contributed by atoms with Crippen LogP contribution in [0.25, 0.3) is 0 Å². The van der Waals surface area contributed by atoms with Gasteiger partial charge in [0.05, 0.1) is 5.82 Å². The van der Waals surface area contributed by atoms with E-state index in [1.807, 2.05) is 32.0 Å². The van der Waals surface area contributed by atoms with E-state index in [0.29, 0.717) is 43.7 Å². The van der Waals surface area contributed by atoms with Gasteiger partial charge in [0.2, 0.25) is 17.7 Å². The van der Waals surface area contributed by atoms with Crippen LogP contribution in [0, 0.1) is 5.92 Å². The van der Waals surface area contributed by atoms with Crippen molar-refractivity contribution < 1.29 is 14.4 Å². The van der Waals surface area contributed by atoms with Crippen LogP contribution in [0.3, 0.4) is 0 Å². The molecule has 6 N–H and O–H groups in total. The topological polar surface area (TPSA) is 125 Å². The predicted molar refractivity (Wildman–Crippen MR) is 124 cm³/mol. The van der Waals surface area contributed by atoms with Gasteiger partial charge in [-0.15, -0.1) is 0 Å². The van der Waals surface area contributed by atoms with Gasteiger partial charge >= 0.3 is 0 Å². The lowest BCUT2D eigenvalue weighted by molar-refractivity contribution is -0.137. The normalized spacial score (nSPS) is 12.0. The van der Waals surface area contributed by atoms with Gasteiger partial charge in [0.25, 0.3) is 0 Å². The maximum Gasteiger partial charge on any atom is 0.246 e. The maximum atomic E-state index is 13.2. The van der Waals surface area contributed by atoms with Crippen molar-refractivity contribution in [3.05, 3.63) is 42.7 Å². The summed E-state index contributed by atoms with van der Waals surface area (Å²) in [5.74, 6) is -0.785. The zero-order valence-electron chi connectivity index (χ0n) is 19.1. The van der Waals surface area contributed by atoms with Crippen molar-refractivity contribution in [2.75, 3.05) is 11.9 Å². The molecule has 0 radical (unpaired) electrons. The summed E-state index contributed by atoms with van der Waals surface area (Å²) in [6.07, 6.45) is 1.81. The first kappa shape index (κ1) is 26.0. The summed E-state index contributed by atoms with van der Waals surface area (Å²) in [6, 6.07) is 8.29. The van der Waals surface area contributed by atoms with Gasteiger partial charge in [0.15, 0.2) is 0 Å². The molecule has 172 valence electrons. The fraction of sp³-hybridized carbons (Fsp3) is 0.522. The number of carbonyl (C=O) groups excluding carboxylic acids is 3. The van der Waals surface area contributed by atoms with Gasteiger partial charge in [-0.1, -0.05) is 52.5 Å². The number of rotatable bonds is 13. The van der Waals surface area contributed by atoms with E-state index in [4.69, 9.17) is 5.73 Å². The SMILES string of the molecule is C=C(N)NCCC[C@H](NC(=O)C(CC)(CC)NC(=O)C(C)C)C(=O)Nc1ccccc1. The molecule has 1 atom stereocenters. The van der Waals surface area contributed by atoms with Crippen LogP contribution >= 0.6 is 0 Å². The summed E-state index contributed by atoms with van der Waals surface area (Å²) in [5.41, 5.74) is 5.09. The summed E-state index contributed by atoms with van der Waals surface area (Å²) >= 11 is 0. The summed E-state index contributed by atoms with van der Waals surface area (Å²) in [5, 5.41) is 11.5. The second-order valence-electron chi connectivity index (χ2n) is 7.91. The molecule has 0 aliphatic carbocycles. The molecule has 0 saturated heterocycles. The highest BCUT2D eigenvalue weighted by Crippen LogP contribution is 2.18. The third-order valence-corrected chi connectivity index (χ3v) is 5.21. The number of hydrogen-bond acceptors (Lipinski definition) is 5. The van der Waals surface area contributed by atoms with Gasteiger partial charge in [-0.05, 0) is 37.8 Å². The van der Waals surface area contributed by atoms with Crippen LogP contribution in [0.2, 0.25) is 0 Å². The lowest BCUT2D eigenvalue weighted by Crippen LogP contribution is -2.61. The van der Waals surface area contributed by atoms with Crippen LogP contribution < -0.4 is 27.0 Å². The molecule has 0 saturated carbocycles. The largest absolute Gasteiger partial charge is 0.386 e. The van der Waals surface area contributed by atoms with Crippen LogP contribution in [0.1, 0.15) is 53.4 Å². The number of amides is 3. The minimum Gasteiger partial charge on any atom is -0.386 e. The number of nitrogens with two attached hydrogens (primary N) is 1. The van der Waals surface area contributed by atoms with Gasteiger partial charge < -0.3 is 27.0 Å². The molecule has 0 fully saturated rings. The fourth-order valence-corrected chi connectivity index (χ4v) is 3.06. The number of nitrogens with one attached hydrogen (secondary N) is 4. The first-order chi connectivity index (χ1) is 14.6. The van der Waals surface area contributed by atoms with E-state index in [0.717, 1.165) is 0 Å². The molecule has 8 heteroatoms. The standard InChI is InChI=1S/C23H37N5O3/c1-6-23(7-2,28-20(29)16(3)4)22(31)27-19(14-11-15-25-17(5)24)21(30)26-18-12-9-8-10-13-18/h8-10,12-13,16,19,25H,5-7,11,14-15,24H2,1-4H3,(H,26,30)(H,27,31)(H,28,29)/t19-/m0/s1. The summed E-state index contributed by atoms with van der Waals surface area (Å²) in [6.45, 7) is 11.4. The quantitative estimate of drug-likeness (QED) is 0.306. The van der Waals surface area contributed by atoms with E-state index < -0.39 is 11.6 Å². The van der Waals surface area contributed by atoms with Gasteiger partial charge in [-0.2, -0.15) is 0 Å². The maximum absolute atomic E-state index is 13.2. The van der Waals surface area contributed by atoms with Crippen molar-refractivity contribution in [1.82, 2.24) is 16.0 Å². The Morgan fingerprint density at radius 3 is 2.19 bits per heavy atom. The number of anilines is 1. The molecular formula is C23H37N5O3. The van der Waals surface area contributed by atoms with Gasteiger partial charge in [0.1, 0.15) is 11.6 Å². The van der Waals surface area contributed by atoms with Crippen LogP contribution in [0.4, 0.5) is 5.69 Å². The van der Waals surface area contributed by atoms with Crippen molar-refractivity contribution in [2.45, 2.75) is 65.0 Å². The lowest BCUT2D eigenvalue weighted by atomic mass is 9.90. The van der Waals surface area contributed by atoms with Crippen molar-refractivity contribution in [3.63, 3.8) is 0 Å². The summed E-state index contributed by atoms with van der Waals surface area (Å²) in [7, 11) is 0. The molecular weight excluding hydrogens is 394 g/mol. The number of para-hydroxylation sites is 1. The zero-order chi connectivity index (χ0) is 23.4. The second kappa shape index (κ2) is 12.6. The van der Waals surface area contributed by atoms with E-state index in [9.17, 15) is 14.4 Å². The highest BCUT2D eigenvalue weighted by atomic mass is 16.2. The van der Waals surface area contributed by atoms with Crippen LogP contribution in [-0.2, 0) is 14.4 Å². The van der Waals surface area contributed by atoms with Crippen molar-refractivity contribution in [2.24, 2.45) is 11.7 Å². The molecule has 1 rings (SSSR count). The molecule has 0 aliphatic rings. The van der Waals surface area contributed by atoms with Crippen LogP contribution in [-0.4, -0.2) is 35.8 Å². The average Bonchev–Trinajstić information content (AvgIpc) is 2.74. The van der Waals surface area contributed by atoms with E-state index in [1.165, 1.54) is 0 Å². The Kier molecular flexibility index (Phi) is 10.6. The van der Waals surface area contributed by atoms with Crippen LogP contribution in [0.5, 0.6) is 0 Å². The van der Waals surface area contributed by atoms with Gasteiger partial charge in [0, 0.05) is 18.2 Å². The number of carbonyl (C=O) groups is 3. The third kappa shape index (κ3) is 8.32. The zero-order valence-corrected chi connectivity index (χ0v) is 19.1. The molecule has 0 spiro atoms. The molecule has 8 nitrogen and oxygen atoms in total. The third-order valence-electron chi connectivity index (χ3n) is 5.21. The highest BCUT2D eigenvalue weighted by molar-refractivity contribution is 5.99. The molecule has 0 aromatic heterocycles. The predicted octanol–water partition coefficient (Wildman–Crippen LogP) is 2.24. The Hall–Kier alpha value is -3.03. The Morgan fingerprint density at radius 2 is 1.68 bits per heavy atom. The molecule has 0 bridgehead atoms. The van der Waals surface area contributed by atoms with Crippen molar-refractivity contribution in [1.29, 1.82) is 0 Å². The minimum atomic E-state index is -1.07. The minimum absolute atomic E-state index is 0.199. The number of hydrogen-bond donors (Lipinski definition) is 5. The molecule has 1 aromatic carbocycles. The van der Waals surface area contributed by atoms with Crippen molar-refractivity contribution in [3.8, 4) is 0 Å². The van der Waals surface area contributed by atoms with E-state index >= 15 is 0 Å². The molecule has 3 amide bonds. The Bertz CT molecular complexity index is 745. The first-order valence-corrected chi connectivity index (χ1v) is 10.8. The van der Waals surface area contributed by atoms with Crippen LogP contribution in [0.15, 0.2) is 42.7 Å². The molecule has 31 heavy (non-hydrogen) atoms. The highest BCUT2D eigenvalue weighted by Gasteiger charge is 2.38. The smallest absolute Gasteiger partial charge is 0.246 e. The van der Waals surface area contributed by atoms with E-state index in [2.05, 4.69) is 27.8 Å². The molecule has 0 aliphatic heterocycles. The van der Waals surface area contributed by atoms with E-state index in [-0.39, 0.29) is 23.6 Å². The molecule has 0 unspecified atom stereocenters. The average molecular weight is 432 g/mol. The monoisotopic (exact) mass is 431 g/mol. The Balaban J connectivity index is 2.98. The second-order valence-corrected chi connectivity index (χ2v) is 7.91. The summed E-state index contributed by atoms with van der Waals surface area (Å²) < 4.78 is 0. The molecule has 0 heterocycles. The fourth-order valence-electron chi connectivity index (χ4n) is 3.06. The first-order valence-electron chi connectivity index (χ1n) is 10.8. The van der Waals surface area contributed by atoms with Gasteiger partial charge in [-0.25, -0.2) is 0 Å². The van der Waals surface area contributed by atoms with Gasteiger partial charge in [-0.3, -0.25) is 14.4 Å². The molecule has 1 aromatic rings. The summed E-state index contributed by atoms with van der Waals surface area (Å²) in [4.78, 5) is 38.5. The number of benzene rings is 1.